The van der Waals surface area contributed by atoms with Gasteiger partial charge in [0, 0.05) is 12.6 Å². The number of esters is 1. The number of fused-ring (bicyclic) bond motifs is 1. The minimum atomic E-state index is -0.883. The molecule has 1 atom stereocenters. The van der Waals surface area contributed by atoms with E-state index in [0.717, 1.165) is 4.68 Å². The number of hydrogen-bond donors (Lipinski definition) is 2. The lowest BCUT2D eigenvalue weighted by atomic mass is 10.2. The SMILES string of the molecule is CCCn1nc(C(=O)OCC(=O)NC(=O)NCC2COc3ccccc3O2)ccc1=O. The average Bonchev–Trinajstić information content (AvgIpc) is 2.77. The Morgan fingerprint density at radius 3 is 2.74 bits per heavy atom. The predicted octanol–water partition coefficient (Wildman–Crippen LogP) is 0.476. The Labute approximate surface area is 177 Å². The number of nitrogens with zero attached hydrogens (tertiary/aromatic N) is 2. The fourth-order valence-corrected chi connectivity index (χ4v) is 2.71. The number of carbonyl (C=O) groups is 3. The highest BCUT2D eigenvalue weighted by molar-refractivity contribution is 5.96. The zero-order valence-electron chi connectivity index (χ0n) is 16.8. The van der Waals surface area contributed by atoms with E-state index in [-0.39, 0.29) is 24.4 Å². The molecule has 31 heavy (non-hydrogen) atoms. The zero-order valence-corrected chi connectivity index (χ0v) is 16.8. The molecule has 1 aliphatic heterocycles. The van der Waals surface area contributed by atoms with Crippen LogP contribution in [0.5, 0.6) is 11.5 Å². The Morgan fingerprint density at radius 2 is 1.97 bits per heavy atom. The summed E-state index contributed by atoms with van der Waals surface area (Å²) < 4.78 is 17.2. The van der Waals surface area contributed by atoms with E-state index in [2.05, 4.69) is 10.4 Å². The number of para-hydroxylation sites is 2. The van der Waals surface area contributed by atoms with Crippen LogP contribution in [-0.4, -0.2) is 53.6 Å². The van der Waals surface area contributed by atoms with E-state index in [1.807, 2.05) is 18.3 Å². The Morgan fingerprint density at radius 1 is 1.19 bits per heavy atom. The number of carbonyl (C=O) groups excluding carboxylic acids is 3. The molecule has 1 aromatic heterocycles. The number of hydrogen-bond acceptors (Lipinski definition) is 8. The van der Waals surface area contributed by atoms with Crippen molar-refractivity contribution in [3.8, 4) is 11.5 Å². The van der Waals surface area contributed by atoms with Crippen molar-refractivity contribution in [3.63, 3.8) is 0 Å². The van der Waals surface area contributed by atoms with Gasteiger partial charge in [-0.2, -0.15) is 5.10 Å². The number of rotatable bonds is 7. The number of ether oxygens (including phenoxy) is 3. The summed E-state index contributed by atoms with van der Waals surface area (Å²) in [6, 6.07) is 8.80. The second-order valence-corrected chi connectivity index (χ2v) is 6.61. The fraction of sp³-hybridized carbons (Fsp3) is 0.350. The van der Waals surface area contributed by atoms with Gasteiger partial charge < -0.3 is 19.5 Å². The first-order valence-electron chi connectivity index (χ1n) is 9.67. The van der Waals surface area contributed by atoms with Crippen molar-refractivity contribution in [2.45, 2.75) is 26.0 Å². The van der Waals surface area contributed by atoms with Gasteiger partial charge in [-0.05, 0) is 24.6 Å². The van der Waals surface area contributed by atoms with E-state index >= 15 is 0 Å². The molecule has 2 N–H and O–H groups in total. The van der Waals surface area contributed by atoms with E-state index in [9.17, 15) is 19.2 Å². The van der Waals surface area contributed by atoms with Gasteiger partial charge in [0.05, 0.1) is 6.54 Å². The molecule has 11 nitrogen and oxygen atoms in total. The highest BCUT2D eigenvalue weighted by atomic mass is 16.6. The maximum atomic E-state index is 12.0. The lowest BCUT2D eigenvalue weighted by Crippen LogP contribution is -2.46. The summed E-state index contributed by atoms with van der Waals surface area (Å²) in [5, 5.41) is 8.43. The van der Waals surface area contributed by atoms with Gasteiger partial charge in [0.2, 0.25) is 0 Å². The second-order valence-electron chi connectivity index (χ2n) is 6.61. The van der Waals surface area contributed by atoms with Gasteiger partial charge in [0.15, 0.2) is 29.9 Å². The minimum absolute atomic E-state index is 0.107. The molecule has 0 saturated carbocycles. The third-order valence-electron chi connectivity index (χ3n) is 4.16. The summed E-state index contributed by atoms with van der Waals surface area (Å²) >= 11 is 0. The van der Waals surface area contributed by atoms with E-state index in [1.165, 1.54) is 12.1 Å². The molecule has 0 radical (unpaired) electrons. The number of benzene rings is 1. The molecule has 3 amide bonds. The van der Waals surface area contributed by atoms with Crippen LogP contribution in [0.2, 0.25) is 0 Å². The highest BCUT2D eigenvalue weighted by Crippen LogP contribution is 2.30. The minimum Gasteiger partial charge on any atom is -0.486 e. The molecule has 2 aromatic rings. The highest BCUT2D eigenvalue weighted by Gasteiger charge is 2.21. The molecule has 3 rings (SSSR count). The first kappa shape index (κ1) is 21.8. The largest absolute Gasteiger partial charge is 0.486 e. The number of imide groups is 1. The predicted molar refractivity (Wildman–Crippen MR) is 107 cm³/mol. The summed E-state index contributed by atoms with van der Waals surface area (Å²) in [6.45, 7) is 1.88. The number of urea groups is 1. The quantitative estimate of drug-likeness (QED) is 0.605. The molecule has 0 fully saturated rings. The van der Waals surface area contributed by atoms with Crippen molar-refractivity contribution in [3.05, 3.63) is 52.4 Å². The molecule has 164 valence electrons. The van der Waals surface area contributed by atoms with Crippen molar-refractivity contribution >= 4 is 17.9 Å². The Bertz CT molecular complexity index is 1020. The van der Waals surface area contributed by atoms with Crippen LogP contribution in [0, 0.1) is 0 Å². The van der Waals surface area contributed by atoms with Crippen LogP contribution < -0.4 is 25.7 Å². The van der Waals surface area contributed by atoms with Gasteiger partial charge >= 0.3 is 12.0 Å². The van der Waals surface area contributed by atoms with Crippen LogP contribution >= 0.6 is 0 Å². The maximum Gasteiger partial charge on any atom is 0.359 e. The summed E-state index contributed by atoms with van der Waals surface area (Å²) in [6.07, 6.45) is 0.242. The van der Waals surface area contributed by atoms with Crippen LogP contribution in [0.25, 0.3) is 0 Å². The van der Waals surface area contributed by atoms with Gasteiger partial charge in [0.1, 0.15) is 6.61 Å². The number of aromatic nitrogens is 2. The molecule has 2 heterocycles. The van der Waals surface area contributed by atoms with Crippen LogP contribution in [-0.2, 0) is 16.1 Å². The van der Waals surface area contributed by atoms with Crippen molar-refractivity contribution in [2.75, 3.05) is 19.8 Å². The molecule has 0 aliphatic carbocycles. The van der Waals surface area contributed by atoms with Crippen LogP contribution in [0.3, 0.4) is 0 Å². The molecule has 0 bridgehead atoms. The second kappa shape index (κ2) is 10.2. The molecular formula is C20H22N4O7. The Kier molecular flexibility index (Phi) is 7.20. The van der Waals surface area contributed by atoms with Crippen molar-refractivity contribution in [1.82, 2.24) is 20.4 Å². The number of amides is 3. The third-order valence-corrected chi connectivity index (χ3v) is 4.16. The Balaban J connectivity index is 1.40. The van der Waals surface area contributed by atoms with Gasteiger partial charge in [-0.25, -0.2) is 14.3 Å². The smallest absolute Gasteiger partial charge is 0.359 e. The first-order chi connectivity index (χ1) is 15.0. The van der Waals surface area contributed by atoms with Crippen molar-refractivity contribution < 1.29 is 28.6 Å². The zero-order chi connectivity index (χ0) is 22.2. The molecule has 11 heteroatoms. The van der Waals surface area contributed by atoms with Gasteiger partial charge in [-0.1, -0.05) is 19.1 Å². The molecule has 1 unspecified atom stereocenters. The summed E-state index contributed by atoms with van der Waals surface area (Å²) in [7, 11) is 0. The molecule has 1 aromatic carbocycles. The van der Waals surface area contributed by atoms with Crippen LogP contribution in [0.4, 0.5) is 4.79 Å². The average molecular weight is 430 g/mol. The van der Waals surface area contributed by atoms with Gasteiger partial charge in [-0.15, -0.1) is 0 Å². The standard InChI is InChI=1S/C20H22N4O7/c1-2-9-24-18(26)8-7-14(23-24)19(27)30-12-17(25)22-20(28)21-10-13-11-29-15-5-3-4-6-16(15)31-13/h3-8,13H,2,9-12H2,1H3,(H2,21,22,25,28). The van der Waals surface area contributed by atoms with E-state index in [1.54, 1.807) is 18.2 Å². The fourth-order valence-electron chi connectivity index (χ4n) is 2.71. The summed E-state index contributed by atoms with van der Waals surface area (Å²) in [5.74, 6) is -0.506. The third kappa shape index (κ3) is 6.04. The lowest BCUT2D eigenvalue weighted by Gasteiger charge is -2.26. The summed E-state index contributed by atoms with van der Waals surface area (Å²) in [5.41, 5.74) is -0.455. The topological polar surface area (TPSA) is 138 Å². The van der Waals surface area contributed by atoms with Crippen LogP contribution in [0.1, 0.15) is 23.8 Å². The summed E-state index contributed by atoms with van der Waals surface area (Å²) in [4.78, 5) is 47.4. The molecular weight excluding hydrogens is 408 g/mol. The van der Waals surface area contributed by atoms with Gasteiger partial charge in [0.25, 0.3) is 11.5 Å². The molecule has 0 saturated heterocycles. The first-order valence-corrected chi connectivity index (χ1v) is 9.67. The normalized spacial score (nSPS) is 14.4. The van der Waals surface area contributed by atoms with Crippen molar-refractivity contribution in [1.29, 1.82) is 0 Å². The van der Waals surface area contributed by atoms with Crippen LogP contribution in [0.15, 0.2) is 41.2 Å². The number of nitrogens with one attached hydrogen (secondary N) is 2. The van der Waals surface area contributed by atoms with E-state index < -0.39 is 30.6 Å². The molecule has 1 aliphatic rings. The van der Waals surface area contributed by atoms with Gasteiger partial charge in [-0.3, -0.25) is 14.9 Å². The number of aryl methyl sites for hydroxylation is 1. The van der Waals surface area contributed by atoms with Crippen molar-refractivity contribution in [2.24, 2.45) is 0 Å². The lowest BCUT2D eigenvalue weighted by molar-refractivity contribution is -0.123. The monoisotopic (exact) mass is 430 g/mol. The van der Waals surface area contributed by atoms with E-state index in [4.69, 9.17) is 14.2 Å². The Hall–Kier alpha value is -3.89. The van der Waals surface area contributed by atoms with E-state index in [0.29, 0.717) is 24.5 Å². The maximum absolute atomic E-state index is 12.0. The molecule has 0 spiro atoms.